The van der Waals surface area contributed by atoms with E-state index in [0.717, 1.165) is 6.42 Å². The van der Waals surface area contributed by atoms with Crippen molar-refractivity contribution in [2.24, 2.45) is 11.8 Å². The van der Waals surface area contributed by atoms with Gasteiger partial charge in [0.25, 0.3) is 0 Å². The molecule has 0 amide bonds. The third kappa shape index (κ3) is 2.68. The Balaban J connectivity index is 3.07. The maximum absolute atomic E-state index is 13.7. The molecule has 0 aliphatic carbocycles. The zero-order valence-electron chi connectivity index (χ0n) is 8.93. The smallest absolute Gasteiger partial charge is 0.146 e. The molecule has 0 heterocycles. The molecular formula is C11H16ClFN2. The van der Waals surface area contributed by atoms with Gasteiger partial charge in [-0.2, -0.15) is 0 Å². The Labute approximate surface area is 94.6 Å². The van der Waals surface area contributed by atoms with Crippen molar-refractivity contribution in [2.45, 2.75) is 26.3 Å². The van der Waals surface area contributed by atoms with E-state index in [-0.39, 0.29) is 22.8 Å². The highest BCUT2D eigenvalue weighted by Gasteiger charge is 2.20. The summed E-state index contributed by atoms with van der Waals surface area (Å²) in [4.78, 5) is 0. The summed E-state index contributed by atoms with van der Waals surface area (Å²) >= 11 is 5.72. The lowest BCUT2D eigenvalue weighted by atomic mass is 9.93. The standard InChI is InChI=1S/C11H16ClFN2/c1-3-7(2)11(15-14)8-5-4-6-9(12)10(8)13/h4-7,11,15H,3,14H2,1-2H3. The summed E-state index contributed by atoms with van der Waals surface area (Å²) < 4.78 is 13.7. The van der Waals surface area contributed by atoms with E-state index in [1.54, 1.807) is 12.1 Å². The molecule has 0 aromatic heterocycles. The van der Waals surface area contributed by atoms with Gasteiger partial charge in [0, 0.05) is 5.56 Å². The minimum Gasteiger partial charge on any atom is -0.271 e. The van der Waals surface area contributed by atoms with Crippen molar-refractivity contribution in [3.05, 3.63) is 34.6 Å². The van der Waals surface area contributed by atoms with E-state index in [1.165, 1.54) is 6.07 Å². The van der Waals surface area contributed by atoms with Gasteiger partial charge in [0.05, 0.1) is 11.1 Å². The highest BCUT2D eigenvalue weighted by Crippen LogP contribution is 2.28. The van der Waals surface area contributed by atoms with E-state index in [1.807, 2.05) is 13.8 Å². The van der Waals surface area contributed by atoms with Crippen molar-refractivity contribution in [1.82, 2.24) is 5.43 Å². The van der Waals surface area contributed by atoms with Crippen LogP contribution >= 0.6 is 11.6 Å². The maximum Gasteiger partial charge on any atom is 0.146 e. The average molecular weight is 231 g/mol. The van der Waals surface area contributed by atoms with Crippen molar-refractivity contribution in [1.29, 1.82) is 0 Å². The van der Waals surface area contributed by atoms with E-state index in [4.69, 9.17) is 17.4 Å². The Morgan fingerprint density at radius 2 is 2.20 bits per heavy atom. The van der Waals surface area contributed by atoms with Gasteiger partial charge in [0.2, 0.25) is 0 Å². The van der Waals surface area contributed by atoms with Gasteiger partial charge in [-0.3, -0.25) is 11.3 Å². The highest BCUT2D eigenvalue weighted by atomic mass is 35.5. The van der Waals surface area contributed by atoms with Gasteiger partial charge in [-0.15, -0.1) is 0 Å². The Hall–Kier alpha value is -0.640. The molecule has 1 rings (SSSR count). The Bertz CT molecular complexity index is 330. The Kier molecular flexibility index (Phi) is 4.51. The van der Waals surface area contributed by atoms with Crippen LogP contribution < -0.4 is 11.3 Å². The molecule has 0 saturated carbocycles. The third-order valence-corrected chi connectivity index (χ3v) is 3.00. The second-order valence-electron chi connectivity index (χ2n) is 3.67. The van der Waals surface area contributed by atoms with Crippen molar-refractivity contribution >= 4 is 11.6 Å². The van der Waals surface area contributed by atoms with Crippen LogP contribution in [0.3, 0.4) is 0 Å². The zero-order chi connectivity index (χ0) is 11.4. The van der Waals surface area contributed by atoms with Gasteiger partial charge in [0.15, 0.2) is 0 Å². The summed E-state index contributed by atoms with van der Waals surface area (Å²) in [6, 6.07) is 4.77. The van der Waals surface area contributed by atoms with Crippen molar-refractivity contribution < 1.29 is 4.39 Å². The van der Waals surface area contributed by atoms with Crippen LogP contribution in [0.4, 0.5) is 4.39 Å². The van der Waals surface area contributed by atoms with Crippen molar-refractivity contribution in [2.75, 3.05) is 0 Å². The third-order valence-electron chi connectivity index (χ3n) is 2.71. The number of rotatable bonds is 4. The van der Waals surface area contributed by atoms with Gasteiger partial charge < -0.3 is 0 Å². The molecule has 0 radical (unpaired) electrons. The molecule has 3 N–H and O–H groups in total. The molecule has 2 atom stereocenters. The summed E-state index contributed by atoms with van der Waals surface area (Å²) in [5.74, 6) is 5.31. The summed E-state index contributed by atoms with van der Waals surface area (Å²) in [5.41, 5.74) is 3.17. The molecule has 84 valence electrons. The lowest BCUT2D eigenvalue weighted by Crippen LogP contribution is -2.33. The van der Waals surface area contributed by atoms with Crippen LogP contribution in [0.1, 0.15) is 31.9 Å². The van der Waals surface area contributed by atoms with E-state index < -0.39 is 0 Å². The minimum absolute atomic E-state index is 0.135. The summed E-state index contributed by atoms with van der Waals surface area (Å²) in [7, 11) is 0. The summed E-state index contributed by atoms with van der Waals surface area (Å²) in [6.45, 7) is 4.06. The molecule has 4 heteroatoms. The molecule has 0 aliphatic rings. The van der Waals surface area contributed by atoms with E-state index in [2.05, 4.69) is 5.43 Å². The molecule has 1 aromatic carbocycles. The van der Waals surface area contributed by atoms with Crippen LogP contribution in [-0.4, -0.2) is 0 Å². The largest absolute Gasteiger partial charge is 0.271 e. The topological polar surface area (TPSA) is 38.0 Å². The Morgan fingerprint density at radius 3 is 2.73 bits per heavy atom. The van der Waals surface area contributed by atoms with Gasteiger partial charge >= 0.3 is 0 Å². The monoisotopic (exact) mass is 230 g/mol. The van der Waals surface area contributed by atoms with E-state index in [9.17, 15) is 4.39 Å². The van der Waals surface area contributed by atoms with Crippen molar-refractivity contribution in [3.63, 3.8) is 0 Å². The van der Waals surface area contributed by atoms with Gasteiger partial charge in [0.1, 0.15) is 5.82 Å². The number of nitrogens with one attached hydrogen (secondary N) is 1. The predicted octanol–water partition coefficient (Wildman–Crippen LogP) is 3.03. The summed E-state index contributed by atoms with van der Waals surface area (Å²) in [5, 5.41) is 0.135. The van der Waals surface area contributed by atoms with Gasteiger partial charge in [-0.25, -0.2) is 4.39 Å². The van der Waals surface area contributed by atoms with Crippen LogP contribution in [0, 0.1) is 11.7 Å². The fourth-order valence-corrected chi connectivity index (χ4v) is 1.74. The van der Waals surface area contributed by atoms with E-state index >= 15 is 0 Å². The average Bonchev–Trinajstić information content (AvgIpc) is 2.24. The quantitative estimate of drug-likeness (QED) is 0.617. The molecule has 1 aromatic rings. The molecule has 0 fully saturated rings. The predicted molar refractivity (Wildman–Crippen MR) is 60.9 cm³/mol. The number of halogens is 2. The molecule has 0 aliphatic heterocycles. The van der Waals surface area contributed by atoms with Crippen LogP contribution in [0.2, 0.25) is 5.02 Å². The molecular weight excluding hydrogens is 215 g/mol. The maximum atomic E-state index is 13.7. The van der Waals surface area contributed by atoms with Crippen LogP contribution in [0.15, 0.2) is 18.2 Å². The second kappa shape index (κ2) is 5.45. The number of hydrogen-bond acceptors (Lipinski definition) is 2. The molecule has 15 heavy (non-hydrogen) atoms. The summed E-state index contributed by atoms with van der Waals surface area (Å²) in [6.07, 6.45) is 0.917. The van der Waals surface area contributed by atoms with Crippen LogP contribution in [0.5, 0.6) is 0 Å². The lowest BCUT2D eigenvalue weighted by molar-refractivity contribution is 0.371. The molecule has 2 nitrogen and oxygen atoms in total. The molecule has 2 unspecified atom stereocenters. The van der Waals surface area contributed by atoms with Crippen molar-refractivity contribution in [3.8, 4) is 0 Å². The van der Waals surface area contributed by atoms with E-state index in [0.29, 0.717) is 5.56 Å². The first kappa shape index (κ1) is 12.4. The number of benzene rings is 1. The lowest BCUT2D eigenvalue weighted by Gasteiger charge is -2.23. The molecule has 0 saturated heterocycles. The van der Waals surface area contributed by atoms with Gasteiger partial charge in [-0.05, 0) is 12.0 Å². The van der Waals surface area contributed by atoms with Crippen LogP contribution in [0.25, 0.3) is 0 Å². The number of nitrogens with two attached hydrogens (primary N) is 1. The number of hydrazine groups is 1. The zero-order valence-corrected chi connectivity index (χ0v) is 9.68. The number of hydrogen-bond donors (Lipinski definition) is 2. The SMILES string of the molecule is CCC(C)C(NN)c1cccc(Cl)c1F. The van der Waals surface area contributed by atoms with Gasteiger partial charge in [-0.1, -0.05) is 44.0 Å². The molecule has 0 spiro atoms. The second-order valence-corrected chi connectivity index (χ2v) is 4.08. The molecule has 0 bridgehead atoms. The first-order valence-electron chi connectivity index (χ1n) is 5.01. The first-order chi connectivity index (χ1) is 7.11. The highest BCUT2D eigenvalue weighted by molar-refractivity contribution is 6.30. The fraction of sp³-hybridized carbons (Fsp3) is 0.455. The Morgan fingerprint density at radius 1 is 1.53 bits per heavy atom. The normalized spacial score (nSPS) is 15.0. The first-order valence-corrected chi connectivity index (χ1v) is 5.39. The fourth-order valence-electron chi connectivity index (χ4n) is 1.56. The minimum atomic E-state index is -0.387. The van der Waals surface area contributed by atoms with Crippen LogP contribution in [-0.2, 0) is 0 Å².